The highest BCUT2D eigenvalue weighted by molar-refractivity contribution is 7.89. The molecule has 0 spiro atoms. The Morgan fingerprint density at radius 1 is 1.32 bits per heavy atom. The fourth-order valence-electron chi connectivity index (χ4n) is 1.36. The number of sulfonamides is 1. The van der Waals surface area contributed by atoms with Crippen LogP contribution >= 0.6 is 0 Å². The summed E-state index contributed by atoms with van der Waals surface area (Å²) in [6, 6.07) is 6.25. The maximum atomic E-state index is 11.8. The van der Waals surface area contributed by atoms with Crippen LogP contribution < -0.4 is 9.46 Å². The standard InChI is InChI=1S/C13H21NO4S/c1-3-4-9-18-12-5-7-13(8-6-12)19(16,17)14-10-11(2)15/h5-8,11,14-15H,3-4,9-10H2,1-2H3. The number of aliphatic hydroxyl groups excluding tert-OH is 1. The van der Waals surface area contributed by atoms with Gasteiger partial charge in [-0.25, -0.2) is 13.1 Å². The molecule has 1 aromatic carbocycles. The number of hydrogen-bond acceptors (Lipinski definition) is 4. The summed E-state index contributed by atoms with van der Waals surface area (Å²) in [5.41, 5.74) is 0. The fraction of sp³-hybridized carbons (Fsp3) is 0.538. The van der Waals surface area contributed by atoms with Gasteiger partial charge in [-0.05, 0) is 37.6 Å². The smallest absolute Gasteiger partial charge is 0.240 e. The molecule has 0 aliphatic carbocycles. The van der Waals surface area contributed by atoms with Gasteiger partial charge in [0.25, 0.3) is 0 Å². The van der Waals surface area contributed by atoms with E-state index < -0.39 is 16.1 Å². The molecule has 1 aromatic rings. The van der Waals surface area contributed by atoms with Crippen LogP contribution in [0.1, 0.15) is 26.7 Å². The van der Waals surface area contributed by atoms with E-state index in [1.807, 2.05) is 0 Å². The predicted molar refractivity (Wildman–Crippen MR) is 73.7 cm³/mol. The number of ether oxygens (including phenoxy) is 1. The van der Waals surface area contributed by atoms with Gasteiger partial charge in [0.05, 0.1) is 17.6 Å². The largest absolute Gasteiger partial charge is 0.494 e. The lowest BCUT2D eigenvalue weighted by Gasteiger charge is -2.09. The summed E-state index contributed by atoms with van der Waals surface area (Å²) in [6.45, 7) is 4.22. The number of hydrogen-bond donors (Lipinski definition) is 2. The molecule has 19 heavy (non-hydrogen) atoms. The van der Waals surface area contributed by atoms with Crippen molar-refractivity contribution in [2.24, 2.45) is 0 Å². The van der Waals surface area contributed by atoms with Gasteiger partial charge in [-0.3, -0.25) is 0 Å². The number of aliphatic hydroxyl groups is 1. The van der Waals surface area contributed by atoms with Crippen LogP contribution in [0.15, 0.2) is 29.2 Å². The maximum Gasteiger partial charge on any atom is 0.240 e. The second kappa shape index (κ2) is 7.47. The maximum absolute atomic E-state index is 11.8. The summed E-state index contributed by atoms with van der Waals surface area (Å²) in [5, 5.41) is 9.08. The van der Waals surface area contributed by atoms with Crippen LogP contribution in [-0.2, 0) is 10.0 Å². The summed E-state index contributed by atoms with van der Waals surface area (Å²) in [5.74, 6) is 0.655. The zero-order valence-corrected chi connectivity index (χ0v) is 12.1. The molecule has 108 valence electrons. The molecule has 0 radical (unpaired) electrons. The van der Waals surface area contributed by atoms with E-state index in [4.69, 9.17) is 9.84 Å². The number of benzene rings is 1. The lowest BCUT2D eigenvalue weighted by Crippen LogP contribution is -2.30. The van der Waals surface area contributed by atoms with Gasteiger partial charge < -0.3 is 9.84 Å². The van der Waals surface area contributed by atoms with Gasteiger partial charge in [0.15, 0.2) is 0 Å². The van der Waals surface area contributed by atoms with E-state index in [9.17, 15) is 8.42 Å². The Kier molecular flexibility index (Phi) is 6.27. The van der Waals surface area contributed by atoms with Crippen LogP contribution in [-0.4, -0.2) is 32.8 Å². The van der Waals surface area contributed by atoms with Crippen molar-refractivity contribution in [1.82, 2.24) is 4.72 Å². The molecule has 0 saturated heterocycles. The predicted octanol–water partition coefficient (Wildman–Crippen LogP) is 1.52. The molecule has 0 saturated carbocycles. The van der Waals surface area contributed by atoms with E-state index in [2.05, 4.69) is 11.6 Å². The third-order valence-corrected chi connectivity index (χ3v) is 3.91. The summed E-state index contributed by atoms with van der Waals surface area (Å²) in [7, 11) is -3.56. The molecule has 6 heteroatoms. The molecule has 0 aromatic heterocycles. The highest BCUT2D eigenvalue weighted by atomic mass is 32.2. The Bertz CT molecular complexity index is 468. The van der Waals surface area contributed by atoms with E-state index in [0.29, 0.717) is 12.4 Å². The molecule has 0 amide bonds. The van der Waals surface area contributed by atoms with Crippen molar-refractivity contribution in [2.45, 2.75) is 37.7 Å². The third-order valence-electron chi connectivity index (χ3n) is 2.47. The van der Waals surface area contributed by atoms with Gasteiger partial charge in [-0.15, -0.1) is 0 Å². The minimum atomic E-state index is -3.56. The average Bonchev–Trinajstić information content (AvgIpc) is 2.37. The Morgan fingerprint density at radius 2 is 1.95 bits per heavy atom. The minimum absolute atomic E-state index is 0.00289. The first-order valence-electron chi connectivity index (χ1n) is 6.36. The zero-order valence-electron chi connectivity index (χ0n) is 11.3. The molecule has 0 aliphatic heterocycles. The third kappa shape index (κ3) is 5.59. The van der Waals surface area contributed by atoms with Crippen LogP contribution in [0.5, 0.6) is 5.75 Å². The summed E-state index contributed by atoms with van der Waals surface area (Å²) < 4.78 is 31.5. The molecule has 0 heterocycles. The second-order valence-corrected chi connectivity index (χ2v) is 6.14. The van der Waals surface area contributed by atoms with Crippen molar-refractivity contribution >= 4 is 10.0 Å². The Morgan fingerprint density at radius 3 is 2.47 bits per heavy atom. The Labute approximate surface area is 114 Å². The monoisotopic (exact) mass is 287 g/mol. The molecule has 5 nitrogen and oxygen atoms in total. The summed E-state index contributed by atoms with van der Waals surface area (Å²) in [4.78, 5) is 0.163. The molecular formula is C13H21NO4S. The number of unbranched alkanes of at least 4 members (excludes halogenated alkanes) is 1. The summed E-state index contributed by atoms with van der Waals surface area (Å²) in [6.07, 6.45) is 1.30. The zero-order chi connectivity index (χ0) is 14.3. The van der Waals surface area contributed by atoms with Crippen LogP contribution in [0.3, 0.4) is 0 Å². The van der Waals surface area contributed by atoms with E-state index in [0.717, 1.165) is 12.8 Å². The first-order valence-corrected chi connectivity index (χ1v) is 7.84. The summed E-state index contributed by atoms with van der Waals surface area (Å²) >= 11 is 0. The SMILES string of the molecule is CCCCOc1ccc(S(=O)(=O)NCC(C)O)cc1. The van der Waals surface area contributed by atoms with Gasteiger partial charge in [-0.1, -0.05) is 13.3 Å². The van der Waals surface area contributed by atoms with Crippen molar-refractivity contribution in [1.29, 1.82) is 0 Å². The quantitative estimate of drug-likeness (QED) is 0.711. The molecule has 2 N–H and O–H groups in total. The first-order chi connectivity index (χ1) is 8.95. The lowest BCUT2D eigenvalue weighted by atomic mass is 10.3. The van der Waals surface area contributed by atoms with Crippen molar-refractivity contribution in [3.05, 3.63) is 24.3 Å². The van der Waals surface area contributed by atoms with Crippen LogP contribution in [0, 0.1) is 0 Å². The van der Waals surface area contributed by atoms with Crippen LogP contribution in [0.25, 0.3) is 0 Å². The van der Waals surface area contributed by atoms with E-state index >= 15 is 0 Å². The van der Waals surface area contributed by atoms with Crippen molar-refractivity contribution in [3.8, 4) is 5.75 Å². The molecular weight excluding hydrogens is 266 g/mol. The lowest BCUT2D eigenvalue weighted by molar-refractivity contribution is 0.198. The Balaban J connectivity index is 2.64. The molecule has 0 aliphatic rings. The molecule has 1 unspecified atom stereocenters. The Hall–Kier alpha value is -1.11. The van der Waals surface area contributed by atoms with Gasteiger partial charge >= 0.3 is 0 Å². The number of rotatable bonds is 8. The normalized spacial score (nSPS) is 13.2. The second-order valence-electron chi connectivity index (χ2n) is 4.37. The van der Waals surface area contributed by atoms with Gasteiger partial charge in [0.1, 0.15) is 5.75 Å². The highest BCUT2D eigenvalue weighted by Crippen LogP contribution is 2.16. The minimum Gasteiger partial charge on any atom is -0.494 e. The van der Waals surface area contributed by atoms with Crippen molar-refractivity contribution in [2.75, 3.05) is 13.2 Å². The van der Waals surface area contributed by atoms with Crippen LogP contribution in [0.2, 0.25) is 0 Å². The molecule has 0 fully saturated rings. The van der Waals surface area contributed by atoms with E-state index in [1.54, 1.807) is 12.1 Å². The van der Waals surface area contributed by atoms with Crippen molar-refractivity contribution in [3.63, 3.8) is 0 Å². The fourth-order valence-corrected chi connectivity index (χ4v) is 2.48. The van der Waals surface area contributed by atoms with E-state index in [-0.39, 0.29) is 11.4 Å². The van der Waals surface area contributed by atoms with Crippen molar-refractivity contribution < 1.29 is 18.3 Å². The molecule has 1 rings (SSSR count). The topological polar surface area (TPSA) is 75.6 Å². The van der Waals surface area contributed by atoms with Gasteiger partial charge in [0, 0.05) is 6.54 Å². The molecule has 1 atom stereocenters. The highest BCUT2D eigenvalue weighted by Gasteiger charge is 2.14. The first kappa shape index (κ1) is 15.9. The molecule has 0 bridgehead atoms. The average molecular weight is 287 g/mol. The van der Waals surface area contributed by atoms with Gasteiger partial charge in [0.2, 0.25) is 10.0 Å². The van der Waals surface area contributed by atoms with Crippen LogP contribution in [0.4, 0.5) is 0 Å². The van der Waals surface area contributed by atoms with E-state index in [1.165, 1.54) is 19.1 Å². The van der Waals surface area contributed by atoms with Gasteiger partial charge in [-0.2, -0.15) is 0 Å². The number of nitrogens with one attached hydrogen (secondary N) is 1.